The van der Waals surface area contributed by atoms with Gasteiger partial charge in [0.1, 0.15) is 0 Å². The molecule has 1 amide bonds. The minimum atomic E-state index is -0.542. The first-order chi connectivity index (χ1) is 10.1. The van der Waals surface area contributed by atoms with Gasteiger partial charge in [-0.15, -0.1) is 0 Å². The number of carbonyl (C=O) groups is 2. The Morgan fingerprint density at radius 1 is 1.19 bits per heavy atom. The molecule has 0 saturated carbocycles. The number of aryl methyl sites for hydroxylation is 1. The van der Waals surface area contributed by atoms with Crippen molar-refractivity contribution in [1.29, 1.82) is 0 Å². The smallest absolute Gasteiger partial charge is 0.340 e. The van der Waals surface area contributed by atoms with Gasteiger partial charge in [0, 0.05) is 18.8 Å². The highest BCUT2D eigenvalue weighted by Gasteiger charge is 2.18. The van der Waals surface area contributed by atoms with Gasteiger partial charge in [-0.05, 0) is 31.9 Å². The summed E-state index contributed by atoms with van der Waals surface area (Å²) in [7, 11) is 0. The molecule has 0 radical (unpaired) electrons. The molecule has 2 rings (SSSR count). The van der Waals surface area contributed by atoms with Gasteiger partial charge in [0.25, 0.3) is 5.91 Å². The van der Waals surface area contributed by atoms with E-state index in [9.17, 15) is 9.59 Å². The number of benzene rings is 1. The van der Waals surface area contributed by atoms with Crippen molar-refractivity contribution in [2.24, 2.45) is 0 Å². The van der Waals surface area contributed by atoms with Crippen LogP contribution in [0.4, 0.5) is 5.69 Å². The third kappa shape index (κ3) is 4.21. The Hall–Kier alpha value is -2.04. The number of ether oxygens (including phenoxy) is 1. The molecule has 1 aliphatic rings. The molecular formula is C16H22N2O3. The minimum absolute atomic E-state index is 0.128. The molecule has 5 heteroatoms. The molecule has 0 bridgehead atoms. The first-order valence-electron chi connectivity index (χ1n) is 7.39. The second kappa shape index (κ2) is 7.11. The van der Waals surface area contributed by atoms with Crippen LogP contribution in [0.5, 0.6) is 0 Å². The molecule has 0 atom stereocenters. The average Bonchev–Trinajstić information content (AvgIpc) is 2.76. The van der Waals surface area contributed by atoms with E-state index in [1.54, 1.807) is 17.0 Å². The fourth-order valence-electron chi connectivity index (χ4n) is 2.46. The Morgan fingerprint density at radius 3 is 2.52 bits per heavy atom. The summed E-state index contributed by atoms with van der Waals surface area (Å²) in [4.78, 5) is 25.8. The van der Waals surface area contributed by atoms with Crippen molar-refractivity contribution in [1.82, 2.24) is 4.90 Å². The minimum Gasteiger partial charge on any atom is -0.452 e. The fourth-order valence-corrected chi connectivity index (χ4v) is 2.46. The molecule has 114 valence electrons. The van der Waals surface area contributed by atoms with Crippen LogP contribution < -0.4 is 5.73 Å². The normalized spacial score (nSPS) is 15.4. The van der Waals surface area contributed by atoms with Gasteiger partial charge in [-0.1, -0.05) is 24.5 Å². The number of nitrogens with zero attached hydrogens (tertiary/aromatic N) is 1. The Bertz CT molecular complexity index is 520. The van der Waals surface area contributed by atoms with E-state index in [1.807, 2.05) is 13.0 Å². The number of hydrogen-bond acceptors (Lipinski definition) is 4. The standard InChI is InChI=1S/C16H22N2O3/c1-12-6-7-14(17)13(10-12)16(20)21-11-15(19)18-8-4-2-3-5-9-18/h6-7,10H,2-5,8-9,11,17H2,1H3. The van der Waals surface area contributed by atoms with Crippen molar-refractivity contribution in [3.8, 4) is 0 Å². The van der Waals surface area contributed by atoms with Gasteiger partial charge in [-0.25, -0.2) is 4.79 Å². The summed E-state index contributed by atoms with van der Waals surface area (Å²) < 4.78 is 5.11. The zero-order valence-corrected chi connectivity index (χ0v) is 12.4. The monoisotopic (exact) mass is 290 g/mol. The summed E-state index contributed by atoms with van der Waals surface area (Å²) in [6.45, 7) is 3.16. The van der Waals surface area contributed by atoms with Gasteiger partial charge in [0.2, 0.25) is 0 Å². The van der Waals surface area contributed by atoms with Crippen LogP contribution in [0.1, 0.15) is 41.6 Å². The second-order valence-corrected chi connectivity index (χ2v) is 5.46. The van der Waals surface area contributed by atoms with E-state index < -0.39 is 5.97 Å². The molecule has 1 fully saturated rings. The van der Waals surface area contributed by atoms with Crippen LogP contribution in [-0.2, 0) is 9.53 Å². The number of anilines is 1. The first kappa shape index (κ1) is 15.4. The van der Waals surface area contributed by atoms with E-state index in [1.165, 1.54) is 0 Å². The number of amides is 1. The van der Waals surface area contributed by atoms with Gasteiger partial charge < -0.3 is 15.4 Å². The Kier molecular flexibility index (Phi) is 5.20. The summed E-state index contributed by atoms with van der Waals surface area (Å²) in [5.41, 5.74) is 7.38. The summed E-state index contributed by atoms with van der Waals surface area (Å²) in [6.07, 6.45) is 4.35. The van der Waals surface area contributed by atoms with Crippen molar-refractivity contribution in [3.05, 3.63) is 29.3 Å². The molecule has 1 aliphatic heterocycles. The van der Waals surface area contributed by atoms with E-state index >= 15 is 0 Å². The van der Waals surface area contributed by atoms with Crippen LogP contribution >= 0.6 is 0 Å². The molecule has 0 spiro atoms. The number of carbonyl (C=O) groups excluding carboxylic acids is 2. The number of nitrogens with two attached hydrogens (primary N) is 1. The highest BCUT2D eigenvalue weighted by Crippen LogP contribution is 2.15. The number of nitrogen functional groups attached to an aromatic ring is 1. The lowest BCUT2D eigenvalue weighted by molar-refractivity contribution is -0.134. The van der Waals surface area contributed by atoms with Crippen molar-refractivity contribution >= 4 is 17.6 Å². The van der Waals surface area contributed by atoms with Crippen molar-refractivity contribution in [2.45, 2.75) is 32.6 Å². The molecule has 1 saturated heterocycles. The van der Waals surface area contributed by atoms with E-state index in [4.69, 9.17) is 10.5 Å². The quantitative estimate of drug-likeness (QED) is 0.683. The third-order valence-corrected chi connectivity index (χ3v) is 3.71. The van der Waals surface area contributed by atoms with Crippen molar-refractivity contribution in [2.75, 3.05) is 25.4 Å². The van der Waals surface area contributed by atoms with Crippen LogP contribution in [0.25, 0.3) is 0 Å². The molecule has 5 nitrogen and oxygen atoms in total. The van der Waals surface area contributed by atoms with Crippen LogP contribution in [0.3, 0.4) is 0 Å². The van der Waals surface area contributed by atoms with E-state index in [-0.39, 0.29) is 12.5 Å². The third-order valence-electron chi connectivity index (χ3n) is 3.71. The van der Waals surface area contributed by atoms with E-state index in [2.05, 4.69) is 0 Å². The van der Waals surface area contributed by atoms with Crippen molar-refractivity contribution < 1.29 is 14.3 Å². The Balaban J connectivity index is 1.91. The predicted octanol–water partition coefficient (Wildman–Crippen LogP) is 2.14. The van der Waals surface area contributed by atoms with Crippen LogP contribution in [-0.4, -0.2) is 36.5 Å². The Morgan fingerprint density at radius 2 is 1.86 bits per heavy atom. The molecule has 0 aliphatic carbocycles. The number of esters is 1. The van der Waals surface area contributed by atoms with Gasteiger partial charge in [0.05, 0.1) is 5.56 Å². The Labute approximate surface area is 125 Å². The zero-order valence-electron chi connectivity index (χ0n) is 12.4. The number of hydrogen-bond donors (Lipinski definition) is 1. The van der Waals surface area contributed by atoms with Crippen LogP contribution in [0.15, 0.2) is 18.2 Å². The average molecular weight is 290 g/mol. The topological polar surface area (TPSA) is 72.6 Å². The van der Waals surface area contributed by atoms with Crippen LogP contribution in [0, 0.1) is 6.92 Å². The lowest BCUT2D eigenvalue weighted by Gasteiger charge is -2.20. The van der Waals surface area contributed by atoms with Gasteiger partial charge in [0.15, 0.2) is 6.61 Å². The van der Waals surface area contributed by atoms with E-state index in [0.717, 1.165) is 44.3 Å². The molecule has 1 aromatic carbocycles. The summed E-state index contributed by atoms with van der Waals surface area (Å²) in [5, 5.41) is 0. The van der Waals surface area contributed by atoms with Gasteiger partial charge in [-0.3, -0.25) is 4.79 Å². The summed E-state index contributed by atoms with van der Waals surface area (Å²) in [5.74, 6) is -0.671. The highest BCUT2D eigenvalue weighted by atomic mass is 16.5. The maximum Gasteiger partial charge on any atom is 0.340 e. The fraction of sp³-hybridized carbons (Fsp3) is 0.500. The highest BCUT2D eigenvalue weighted by molar-refractivity contribution is 5.96. The molecule has 1 aromatic rings. The second-order valence-electron chi connectivity index (χ2n) is 5.46. The van der Waals surface area contributed by atoms with Gasteiger partial charge in [-0.2, -0.15) is 0 Å². The predicted molar refractivity (Wildman–Crippen MR) is 80.9 cm³/mol. The largest absolute Gasteiger partial charge is 0.452 e. The summed E-state index contributed by atoms with van der Waals surface area (Å²) >= 11 is 0. The van der Waals surface area contributed by atoms with Crippen LogP contribution in [0.2, 0.25) is 0 Å². The first-order valence-corrected chi connectivity index (χ1v) is 7.39. The molecule has 0 unspecified atom stereocenters. The number of rotatable bonds is 3. The molecule has 2 N–H and O–H groups in total. The molecular weight excluding hydrogens is 268 g/mol. The zero-order chi connectivity index (χ0) is 15.2. The van der Waals surface area contributed by atoms with E-state index in [0.29, 0.717) is 11.3 Å². The van der Waals surface area contributed by atoms with Crippen molar-refractivity contribution in [3.63, 3.8) is 0 Å². The maximum atomic E-state index is 12.1. The lowest BCUT2D eigenvalue weighted by atomic mass is 10.1. The SMILES string of the molecule is Cc1ccc(N)c(C(=O)OCC(=O)N2CCCCCC2)c1. The van der Waals surface area contributed by atoms with Gasteiger partial charge >= 0.3 is 5.97 Å². The molecule has 1 heterocycles. The maximum absolute atomic E-state index is 12.1. The molecule has 0 aromatic heterocycles. The summed E-state index contributed by atoms with van der Waals surface area (Å²) in [6, 6.07) is 5.17. The molecule has 21 heavy (non-hydrogen) atoms. The lowest BCUT2D eigenvalue weighted by Crippen LogP contribution is -2.35. The number of likely N-dealkylation sites (tertiary alicyclic amines) is 1.